The third-order valence-electron chi connectivity index (χ3n) is 4.60. The van der Waals surface area contributed by atoms with E-state index in [9.17, 15) is 14.9 Å². The van der Waals surface area contributed by atoms with E-state index in [-0.39, 0.29) is 29.1 Å². The number of aromatic nitrogens is 3. The molecule has 0 saturated heterocycles. The maximum absolute atomic E-state index is 12.4. The van der Waals surface area contributed by atoms with Crippen molar-refractivity contribution in [2.75, 3.05) is 25.3 Å². The number of non-ortho nitro benzene ring substituents is 1. The lowest BCUT2D eigenvalue weighted by atomic mass is 10.2. The van der Waals surface area contributed by atoms with Crippen molar-refractivity contribution in [1.29, 1.82) is 0 Å². The molecule has 0 radical (unpaired) electrons. The lowest BCUT2D eigenvalue weighted by Crippen LogP contribution is -2.15. The van der Waals surface area contributed by atoms with Crippen LogP contribution in [0.15, 0.2) is 47.6 Å². The molecule has 12 heteroatoms. The number of rotatable bonds is 10. The Hall–Kier alpha value is -3.80. The predicted octanol–water partition coefficient (Wildman–Crippen LogP) is 3.61. The van der Waals surface area contributed by atoms with Gasteiger partial charge in [0.15, 0.2) is 17.1 Å². The van der Waals surface area contributed by atoms with Gasteiger partial charge in [-0.3, -0.25) is 14.9 Å². The molecule has 0 fully saturated rings. The minimum atomic E-state index is -0.542. The number of carbonyl (C=O) groups is 1. The van der Waals surface area contributed by atoms with Crippen LogP contribution in [0.2, 0.25) is 0 Å². The van der Waals surface area contributed by atoms with Crippen LogP contribution < -0.4 is 19.5 Å². The summed E-state index contributed by atoms with van der Waals surface area (Å²) >= 11 is 1.18. The van der Waals surface area contributed by atoms with Gasteiger partial charge in [0.25, 0.3) is 5.69 Å². The van der Waals surface area contributed by atoms with Gasteiger partial charge in [-0.25, -0.2) is 0 Å². The molecule has 1 heterocycles. The molecule has 0 aliphatic heterocycles. The Balaban J connectivity index is 1.61. The van der Waals surface area contributed by atoms with E-state index in [2.05, 4.69) is 15.5 Å². The zero-order chi connectivity index (χ0) is 24.0. The number of benzene rings is 2. The molecule has 3 rings (SSSR count). The van der Waals surface area contributed by atoms with Crippen molar-refractivity contribution in [2.24, 2.45) is 7.05 Å². The van der Waals surface area contributed by atoms with Gasteiger partial charge in [0.1, 0.15) is 17.2 Å². The number of carbonyl (C=O) groups excluding carboxylic acids is 1. The zero-order valence-electron chi connectivity index (χ0n) is 18.5. The van der Waals surface area contributed by atoms with E-state index >= 15 is 0 Å². The number of nitrogens with one attached hydrogen (secondary N) is 1. The van der Waals surface area contributed by atoms with Gasteiger partial charge in [0.05, 0.1) is 30.6 Å². The molecule has 0 spiro atoms. The Labute approximate surface area is 194 Å². The Morgan fingerprint density at radius 2 is 1.85 bits per heavy atom. The molecule has 33 heavy (non-hydrogen) atoms. The van der Waals surface area contributed by atoms with E-state index in [1.807, 2.05) is 6.92 Å². The summed E-state index contributed by atoms with van der Waals surface area (Å²) in [6, 6.07) is 11.2. The Morgan fingerprint density at radius 1 is 1.15 bits per heavy atom. The first-order valence-corrected chi connectivity index (χ1v) is 10.8. The number of anilines is 1. The van der Waals surface area contributed by atoms with Crippen LogP contribution in [0.5, 0.6) is 17.2 Å². The van der Waals surface area contributed by atoms with Gasteiger partial charge >= 0.3 is 0 Å². The number of nitro groups is 1. The lowest BCUT2D eigenvalue weighted by Gasteiger charge is -2.14. The third kappa shape index (κ3) is 5.92. The van der Waals surface area contributed by atoms with E-state index < -0.39 is 4.92 Å². The molecule has 1 amide bonds. The van der Waals surface area contributed by atoms with Crippen molar-refractivity contribution in [3.8, 4) is 17.2 Å². The first kappa shape index (κ1) is 23.9. The molecule has 0 aliphatic carbocycles. The Kier molecular flexibility index (Phi) is 7.72. The van der Waals surface area contributed by atoms with E-state index in [0.717, 1.165) is 5.75 Å². The second kappa shape index (κ2) is 10.7. The number of hydrogen-bond acceptors (Lipinski definition) is 9. The topological polar surface area (TPSA) is 131 Å². The highest BCUT2D eigenvalue weighted by molar-refractivity contribution is 7.99. The fraction of sp³-hybridized carbons (Fsp3) is 0.286. The molecule has 2 aromatic carbocycles. The van der Waals surface area contributed by atoms with Crippen LogP contribution >= 0.6 is 11.8 Å². The summed E-state index contributed by atoms with van der Waals surface area (Å²) in [7, 11) is 4.80. The van der Waals surface area contributed by atoms with Crippen molar-refractivity contribution < 1.29 is 23.9 Å². The van der Waals surface area contributed by atoms with Gasteiger partial charge in [-0.15, -0.1) is 10.2 Å². The molecule has 3 aromatic rings. The number of methoxy groups -OCH3 is 2. The number of hydrogen-bond donors (Lipinski definition) is 1. The molecule has 0 aliphatic rings. The largest absolute Gasteiger partial charge is 0.497 e. The lowest BCUT2D eigenvalue weighted by molar-refractivity contribution is -0.384. The smallest absolute Gasteiger partial charge is 0.271 e. The molecule has 11 nitrogen and oxygen atoms in total. The van der Waals surface area contributed by atoms with Crippen molar-refractivity contribution in [1.82, 2.24) is 14.8 Å². The quantitative estimate of drug-likeness (QED) is 0.266. The standard InChI is InChI=1S/C21H23N5O6S/c1-13(32-16-8-6-15(30-3)7-9-16)20-23-24-21(25(20)2)33-12-19(27)22-17-11-14(26(28)29)5-10-18(17)31-4/h5-11,13H,12H2,1-4H3,(H,22,27). The third-order valence-corrected chi connectivity index (χ3v) is 5.63. The highest BCUT2D eigenvalue weighted by Crippen LogP contribution is 2.29. The number of thioether (sulfide) groups is 1. The summed E-state index contributed by atoms with van der Waals surface area (Å²) in [6.07, 6.45) is -0.381. The Morgan fingerprint density at radius 3 is 2.48 bits per heavy atom. The molecule has 1 unspecified atom stereocenters. The van der Waals surface area contributed by atoms with E-state index in [4.69, 9.17) is 14.2 Å². The first-order valence-electron chi connectivity index (χ1n) is 9.77. The van der Waals surface area contributed by atoms with Crippen LogP contribution in [0.4, 0.5) is 11.4 Å². The summed E-state index contributed by atoms with van der Waals surface area (Å²) in [5.74, 6) is 1.95. The Bertz CT molecular complexity index is 1130. The number of amides is 1. The van der Waals surface area contributed by atoms with Crippen molar-refractivity contribution in [2.45, 2.75) is 18.2 Å². The van der Waals surface area contributed by atoms with Gasteiger partial charge in [-0.05, 0) is 37.3 Å². The van der Waals surface area contributed by atoms with Gasteiger partial charge < -0.3 is 24.1 Å². The van der Waals surface area contributed by atoms with Gasteiger partial charge in [-0.2, -0.15) is 0 Å². The second-order valence-electron chi connectivity index (χ2n) is 6.81. The zero-order valence-corrected chi connectivity index (χ0v) is 19.3. The van der Waals surface area contributed by atoms with Gasteiger partial charge in [0, 0.05) is 19.2 Å². The summed E-state index contributed by atoms with van der Waals surface area (Å²) < 4.78 is 18.0. The molecular formula is C21H23N5O6S. The van der Waals surface area contributed by atoms with Crippen molar-refractivity contribution >= 4 is 29.0 Å². The summed E-state index contributed by atoms with van der Waals surface area (Å²) in [6.45, 7) is 1.85. The second-order valence-corrected chi connectivity index (χ2v) is 7.76. The molecule has 174 valence electrons. The van der Waals surface area contributed by atoms with E-state index in [0.29, 0.717) is 22.5 Å². The molecule has 0 saturated carbocycles. The number of nitrogens with zero attached hydrogens (tertiary/aromatic N) is 4. The SMILES string of the molecule is COc1ccc(OC(C)c2nnc(SCC(=O)Nc3cc([N+](=O)[O-])ccc3OC)n2C)cc1. The van der Waals surface area contributed by atoms with Crippen molar-refractivity contribution in [3.63, 3.8) is 0 Å². The van der Waals surface area contributed by atoms with Crippen LogP contribution in [0.1, 0.15) is 18.9 Å². The summed E-state index contributed by atoms with van der Waals surface area (Å²) in [5, 5.41) is 22.5. The average Bonchev–Trinajstić information content (AvgIpc) is 3.18. The number of ether oxygens (including phenoxy) is 3. The summed E-state index contributed by atoms with van der Waals surface area (Å²) in [5.41, 5.74) is 0.0695. The van der Waals surface area contributed by atoms with Crippen LogP contribution in [-0.2, 0) is 11.8 Å². The first-order chi connectivity index (χ1) is 15.8. The highest BCUT2D eigenvalue weighted by atomic mass is 32.2. The molecular weight excluding hydrogens is 450 g/mol. The van der Waals surface area contributed by atoms with Gasteiger partial charge in [0.2, 0.25) is 5.91 Å². The predicted molar refractivity (Wildman–Crippen MR) is 122 cm³/mol. The van der Waals surface area contributed by atoms with Crippen LogP contribution in [0.3, 0.4) is 0 Å². The van der Waals surface area contributed by atoms with Gasteiger partial charge in [-0.1, -0.05) is 11.8 Å². The van der Waals surface area contributed by atoms with E-state index in [1.165, 1.54) is 37.1 Å². The number of nitro benzene ring substituents is 1. The van der Waals surface area contributed by atoms with Crippen molar-refractivity contribution in [3.05, 3.63) is 58.4 Å². The minimum Gasteiger partial charge on any atom is -0.497 e. The molecule has 0 bridgehead atoms. The molecule has 1 atom stereocenters. The average molecular weight is 474 g/mol. The van der Waals surface area contributed by atoms with Crippen LogP contribution in [0, 0.1) is 10.1 Å². The summed E-state index contributed by atoms with van der Waals surface area (Å²) in [4.78, 5) is 22.9. The molecule has 1 aromatic heterocycles. The molecule has 1 N–H and O–H groups in total. The fourth-order valence-corrected chi connectivity index (χ4v) is 3.66. The normalized spacial score (nSPS) is 11.5. The van der Waals surface area contributed by atoms with Crippen LogP contribution in [0.25, 0.3) is 0 Å². The minimum absolute atomic E-state index is 0.0194. The maximum atomic E-state index is 12.4. The fourth-order valence-electron chi connectivity index (χ4n) is 2.94. The highest BCUT2D eigenvalue weighted by Gasteiger charge is 2.19. The maximum Gasteiger partial charge on any atom is 0.271 e. The van der Waals surface area contributed by atoms with Crippen LogP contribution in [-0.4, -0.2) is 45.6 Å². The monoisotopic (exact) mass is 473 g/mol. The van der Waals surface area contributed by atoms with E-state index in [1.54, 1.807) is 43.0 Å².